The average molecular weight is 436 g/mol. The second-order valence-electron chi connectivity index (χ2n) is 9.43. The molecule has 2 fully saturated rings. The number of aryl methyl sites for hydroxylation is 1. The number of nitrogens with zero attached hydrogens (tertiary/aromatic N) is 2. The number of carbonyl (C=O) groups is 2. The number of para-hydroxylation sites is 2. The van der Waals surface area contributed by atoms with Gasteiger partial charge in [0, 0.05) is 6.42 Å². The number of nitrogens with one attached hydrogen (secondary N) is 1. The first-order chi connectivity index (χ1) is 15.6. The predicted molar refractivity (Wildman–Crippen MR) is 125 cm³/mol. The van der Waals surface area contributed by atoms with E-state index in [9.17, 15) is 9.59 Å². The van der Waals surface area contributed by atoms with E-state index in [0.29, 0.717) is 6.54 Å². The van der Waals surface area contributed by atoms with E-state index in [1.807, 2.05) is 29.2 Å². The van der Waals surface area contributed by atoms with Gasteiger partial charge in [0.1, 0.15) is 17.1 Å². The Morgan fingerprint density at radius 1 is 1.09 bits per heavy atom. The van der Waals surface area contributed by atoms with Gasteiger partial charge in [0.2, 0.25) is 5.91 Å². The SMILES string of the molecule is CCc1ccc(C2CCCCCN2CC(=O)N2c3ccccc3NC(=O)C23CCCC3)o1. The zero-order chi connectivity index (χ0) is 22.1. The highest BCUT2D eigenvalue weighted by Crippen LogP contribution is 2.45. The van der Waals surface area contributed by atoms with Crippen LogP contribution in [-0.2, 0) is 16.0 Å². The molecular formula is C26H33N3O3. The fourth-order valence-electron chi connectivity index (χ4n) is 5.82. The molecule has 3 heterocycles. The van der Waals surface area contributed by atoms with Crippen LogP contribution in [0.4, 0.5) is 11.4 Å². The lowest BCUT2D eigenvalue weighted by atomic mass is 9.89. The highest BCUT2D eigenvalue weighted by molar-refractivity contribution is 6.15. The van der Waals surface area contributed by atoms with Crippen molar-refractivity contribution >= 4 is 23.2 Å². The third kappa shape index (κ3) is 3.64. The van der Waals surface area contributed by atoms with Gasteiger partial charge in [0.05, 0.1) is 24.0 Å². The van der Waals surface area contributed by atoms with Crippen molar-refractivity contribution in [3.8, 4) is 0 Å². The Morgan fingerprint density at radius 3 is 2.69 bits per heavy atom. The summed E-state index contributed by atoms with van der Waals surface area (Å²) >= 11 is 0. The molecule has 2 aliphatic heterocycles. The molecule has 3 aliphatic rings. The van der Waals surface area contributed by atoms with Crippen molar-refractivity contribution in [1.82, 2.24) is 4.90 Å². The summed E-state index contributed by atoms with van der Waals surface area (Å²) < 4.78 is 6.12. The van der Waals surface area contributed by atoms with Crippen molar-refractivity contribution < 1.29 is 14.0 Å². The summed E-state index contributed by atoms with van der Waals surface area (Å²) in [5.41, 5.74) is 0.804. The van der Waals surface area contributed by atoms with E-state index in [0.717, 1.165) is 80.8 Å². The number of anilines is 2. The van der Waals surface area contributed by atoms with E-state index in [4.69, 9.17) is 4.42 Å². The number of hydrogen-bond donors (Lipinski definition) is 1. The third-order valence-electron chi connectivity index (χ3n) is 7.49. The number of likely N-dealkylation sites (tertiary alicyclic amines) is 1. The molecule has 1 aromatic carbocycles. The highest BCUT2D eigenvalue weighted by atomic mass is 16.3. The molecule has 1 aromatic heterocycles. The van der Waals surface area contributed by atoms with Crippen LogP contribution in [0.3, 0.4) is 0 Å². The number of fused-ring (bicyclic) bond motifs is 1. The number of furan rings is 1. The maximum Gasteiger partial charge on any atom is 0.250 e. The second-order valence-corrected chi connectivity index (χ2v) is 9.43. The van der Waals surface area contributed by atoms with Crippen molar-refractivity contribution in [3.63, 3.8) is 0 Å². The van der Waals surface area contributed by atoms with Crippen LogP contribution >= 0.6 is 0 Å². The molecule has 5 rings (SSSR count). The average Bonchev–Trinajstić information content (AvgIpc) is 3.42. The topological polar surface area (TPSA) is 65.8 Å². The molecule has 170 valence electrons. The van der Waals surface area contributed by atoms with Crippen LogP contribution in [0.1, 0.15) is 75.9 Å². The summed E-state index contributed by atoms with van der Waals surface area (Å²) in [5, 5.41) is 3.07. The largest absolute Gasteiger partial charge is 0.464 e. The van der Waals surface area contributed by atoms with Crippen LogP contribution in [0, 0.1) is 0 Å². The lowest BCUT2D eigenvalue weighted by Crippen LogP contribution is -2.62. The fraction of sp³-hybridized carbons (Fsp3) is 0.538. The Labute approximate surface area is 189 Å². The minimum atomic E-state index is -0.757. The lowest BCUT2D eigenvalue weighted by Gasteiger charge is -2.45. The zero-order valence-corrected chi connectivity index (χ0v) is 18.9. The predicted octanol–water partition coefficient (Wildman–Crippen LogP) is 5.06. The smallest absolute Gasteiger partial charge is 0.250 e. The molecule has 1 unspecified atom stereocenters. The highest BCUT2D eigenvalue weighted by Gasteiger charge is 2.52. The van der Waals surface area contributed by atoms with E-state index in [-0.39, 0.29) is 17.9 Å². The quantitative estimate of drug-likeness (QED) is 0.729. The van der Waals surface area contributed by atoms with E-state index >= 15 is 0 Å². The summed E-state index contributed by atoms with van der Waals surface area (Å²) in [4.78, 5) is 31.3. The van der Waals surface area contributed by atoms with Crippen molar-refractivity contribution in [2.45, 2.75) is 76.3 Å². The lowest BCUT2D eigenvalue weighted by molar-refractivity contribution is -0.128. The van der Waals surface area contributed by atoms with Gasteiger partial charge in [-0.25, -0.2) is 0 Å². The van der Waals surface area contributed by atoms with Gasteiger partial charge in [-0.3, -0.25) is 19.4 Å². The summed E-state index contributed by atoms with van der Waals surface area (Å²) in [6, 6.07) is 11.9. The summed E-state index contributed by atoms with van der Waals surface area (Å²) in [6.07, 6.45) is 8.63. The van der Waals surface area contributed by atoms with Crippen LogP contribution in [0.15, 0.2) is 40.8 Å². The van der Waals surface area contributed by atoms with Crippen molar-refractivity contribution in [2.24, 2.45) is 0 Å². The monoisotopic (exact) mass is 435 g/mol. The summed E-state index contributed by atoms with van der Waals surface area (Å²) in [7, 11) is 0. The zero-order valence-electron chi connectivity index (χ0n) is 18.9. The van der Waals surface area contributed by atoms with Crippen LogP contribution in [-0.4, -0.2) is 35.3 Å². The van der Waals surface area contributed by atoms with Crippen molar-refractivity contribution in [1.29, 1.82) is 0 Å². The molecule has 2 aromatic rings. The number of benzene rings is 1. The maximum atomic E-state index is 14.0. The second kappa shape index (κ2) is 8.74. The van der Waals surface area contributed by atoms with Crippen molar-refractivity contribution in [3.05, 3.63) is 47.9 Å². The van der Waals surface area contributed by atoms with Gasteiger partial charge in [-0.2, -0.15) is 0 Å². The summed E-state index contributed by atoms with van der Waals surface area (Å²) in [5.74, 6) is 1.93. The molecule has 32 heavy (non-hydrogen) atoms. The minimum Gasteiger partial charge on any atom is -0.464 e. The summed E-state index contributed by atoms with van der Waals surface area (Å²) in [6.45, 7) is 3.26. The molecule has 6 heteroatoms. The van der Waals surface area contributed by atoms with Crippen LogP contribution in [0.25, 0.3) is 0 Å². The van der Waals surface area contributed by atoms with Gasteiger partial charge in [0.25, 0.3) is 5.91 Å². The maximum absolute atomic E-state index is 14.0. The molecule has 1 aliphatic carbocycles. The normalized spacial score (nSPS) is 23.1. The molecule has 0 bridgehead atoms. The van der Waals surface area contributed by atoms with Gasteiger partial charge in [-0.15, -0.1) is 0 Å². The van der Waals surface area contributed by atoms with Crippen LogP contribution in [0.2, 0.25) is 0 Å². The van der Waals surface area contributed by atoms with Gasteiger partial charge in [0.15, 0.2) is 0 Å². The Hall–Kier alpha value is -2.60. The van der Waals surface area contributed by atoms with Gasteiger partial charge >= 0.3 is 0 Å². The first-order valence-electron chi connectivity index (χ1n) is 12.2. The minimum absolute atomic E-state index is 0.0170. The standard InChI is InChI=1S/C26H33N3O3/c1-2-19-13-14-23(32-19)22-12-4-3-9-17-28(22)18-24(30)29-21-11-6-5-10-20(21)27-25(31)26(29)15-7-8-16-26/h5-6,10-11,13-14,22H,2-4,7-9,12,15-18H2,1H3,(H,27,31). The molecule has 6 nitrogen and oxygen atoms in total. The molecule has 1 saturated carbocycles. The first kappa shape index (κ1) is 21.3. The molecule has 0 radical (unpaired) electrons. The van der Waals surface area contributed by atoms with Gasteiger partial charge < -0.3 is 9.73 Å². The van der Waals surface area contributed by atoms with E-state index in [1.165, 1.54) is 6.42 Å². The van der Waals surface area contributed by atoms with Gasteiger partial charge in [-0.05, 0) is 56.5 Å². The Kier molecular flexibility index (Phi) is 5.80. The van der Waals surface area contributed by atoms with E-state index in [1.54, 1.807) is 0 Å². The van der Waals surface area contributed by atoms with E-state index in [2.05, 4.69) is 29.3 Å². The van der Waals surface area contributed by atoms with Gasteiger partial charge in [-0.1, -0.05) is 44.7 Å². The van der Waals surface area contributed by atoms with Crippen molar-refractivity contribution in [2.75, 3.05) is 23.3 Å². The number of carbonyl (C=O) groups excluding carboxylic acids is 2. The number of rotatable bonds is 4. The fourth-order valence-corrected chi connectivity index (χ4v) is 5.82. The molecule has 1 saturated heterocycles. The Morgan fingerprint density at radius 2 is 1.91 bits per heavy atom. The Bertz CT molecular complexity index is 992. The molecule has 1 N–H and O–H groups in total. The van der Waals surface area contributed by atoms with Crippen LogP contribution in [0.5, 0.6) is 0 Å². The third-order valence-corrected chi connectivity index (χ3v) is 7.49. The molecule has 2 amide bonds. The Balaban J connectivity index is 1.47. The molecule has 1 atom stereocenters. The molecular weight excluding hydrogens is 402 g/mol. The molecule has 1 spiro atoms. The first-order valence-corrected chi connectivity index (χ1v) is 12.2. The number of amides is 2. The van der Waals surface area contributed by atoms with Crippen LogP contribution < -0.4 is 10.2 Å². The number of hydrogen-bond acceptors (Lipinski definition) is 4. The van der Waals surface area contributed by atoms with E-state index < -0.39 is 5.54 Å².